The molecule has 1 aromatic heterocycles. The fourth-order valence-corrected chi connectivity index (χ4v) is 3.02. The van der Waals surface area contributed by atoms with E-state index in [2.05, 4.69) is 20.4 Å². The summed E-state index contributed by atoms with van der Waals surface area (Å²) in [5.74, 6) is 0.412. The third-order valence-corrected chi connectivity index (χ3v) is 4.39. The number of hydrogen-bond acceptors (Lipinski definition) is 4. The summed E-state index contributed by atoms with van der Waals surface area (Å²) in [6.07, 6.45) is 3.58. The second-order valence-electron chi connectivity index (χ2n) is 5.38. The Morgan fingerprint density at radius 1 is 1.00 bits per heavy atom. The van der Waals surface area contributed by atoms with Crippen molar-refractivity contribution in [1.82, 2.24) is 10.2 Å². The molecule has 1 amide bonds. The molecule has 0 atom stereocenters. The highest BCUT2D eigenvalue weighted by atomic mass is 35.5. The SMILES string of the molecule is O=C(Nc1c(Cl)cccc1Cl)c1ccc(N2CCCCC2)nn1. The van der Waals surface area contributed by atoms with Gasteiger partial charge in [0.15, 0.2) is 11.5 Å². The van der Waals surface area contributed by atoms with Gasteiger partial charge in [-0.05, 0) is 43.5 Å². The molecule has 3 rings (SSSR count). The third kappa shape index (κ3) is 3.74. The number of nitrogens with zero attached hydrogens (tertiary/aromatic N) is 3. The number of amides is 1. The molecule has 0 aliphatic carbocycles. The van der Waals surface area contributed by atoms with Crippen LogP contribution in [-0.4, -0.2) is 29.2 Å². The van der Waals surface area contributed by atoms with Gasteiger partial charge in [-0.3, -0.25) is 4.79 Å². The molecule has 1 fully saturated rings. The van der Waals surface area contributed by atoms with Crippen molar-refractivity contribution in [3.05, 3.63) is 46.1 Å². The number of nitrogens with one attached hydrogen (secondary N) is 1. The highest BCUT2D eigenvalue weighted by Gasteiger charge is 2.16. The van der Waals surface area contributed by atoms with Crippen LogP contribution < -0.4 is 10.2 Å². The molecule has 23 heavy (non-hydrogen) atoms. The fourth-order valence-electron chi connectivity index (χ4n) is 2.53. The molecule has 1 saturated heterocycles. The number of anilines is 2. The Morgan fingerprint density at radius 3 is 2.30 bits per heavy atom. The van der Waals surface area contributed by atoms with E-state index in [1.54, 1.807) is 24.3 Å². The van der Waals surface area contributed by atoms with E-state index in [-0.39, 0.29) is 5.69 Å². The molecular formula is C16H16Cl2N4O. The van der Waals surface area contributed by atoms with E-state index >= 15 is 0 Å². The Hall–Kier alpha value is -1.85. The summed E-state index contributed by atoms with van der Waals surface area (Å²) in [5.41, 5.74) is 0.601. The first-order valence-electron chi connectivity index (χ1n) is 7.49. The first-order valence-corrected chi connectivity index (χ1v) is 8.25. The summed E-state index contributed by atoms with van der Waals surface area (Å²) >= 11 is 12.1. The molecule has 5 nitrogen and oxygen atoms in total. The number of halogens is 2. The number of hydrogen-bond donors (Lipinski definition) is 1. The van der Waals surface area contributed by atoms with Gasteiger partial charge < -0.3 is 10.2 Å². The van der Waals surface area contributed by atoms with Crippen molar-refractivity contribution in [2.24, 2.45) is 0 Å². The van der Waals surface area contributed by atoms with E-state index in [9.17, 15) is 4.79 Å². The van der Waals surface area contributed by atoms with Crippen LogP contribution in [0.25, 0.3) is 0 Å². The predicted molar refractivity (Wildman–Crippen MR) is 92.5 cm³/mol. The van der Waals surface area contributed by atoms with Gasteiger partial charge in [0.1, 0.15) is 0 Å². The van der Waals surface area contributed by atoms with E-state index in [1.807, 2.05) is 6.07 Å². The molecule has 2 aromatic rings. The van der Waals surface area contributed by atoms with Crippen molar-refractivity contribution >= 4 is 40.6 Å². The Labute approximate surface area is 144 Å². The molecule has 1 aliphatic heterocycles. The summed E-state index contributed by atoms with van der Waals surface area (Å²) in [5, 5.41) is 11.6. The lowest BCUT2D eigenvalue weighted by atomic mass is 10.1. The summed E-state index contributed by atoms with van der Waals surface area (Å²) in [7, 11) is 0. The maximum atomic E-state index is 12.3. The van der Waals surface area contributed by atoms with E-state index in [1.165, 1.54) is 6.42 Å². The number of carbonyl (C=O) groups is 1. The largest absolute Gasteiger partial charge is 0.355 e. The van der Waals surface area contributed by atoms with Crippen LogP contribution in [0.4, 0.5) is 11.5 Å². The van der Waals surface area contributed by atoms with Crippen molar-refractivity contribution in [1.29, 1.82) is 0 Å². The summed E-state index contributed by atoms with van der Waals surface area (Å²) in [4.78, 5) is 14.4. The monoisotopic (exact) mass is 350 g/mol. The Bertz CT molecular complexity index is 679. The van der Waals surface area contributed by atoms with Crippen molar-refractivity contribution < 1.29 is 4.79 Å². The summed E-state index contributed by atoms with van der Waals surface area (Å²) in [6.45, 7) is 1.96. The Balaban J connectivity index is 1.72. The van der Waals surface area contributed by atoms with Crippen LogP contribution >= 0.6 is 23.2 Å². The van der Waals surface area contributed by atoms with Gasteiger partial charge in [-0.15, -0.1) is 10.2 Å². The lowest BCUT2D eigenvalue weighted by Gasteiger charge is -2.27. The standard InChI is InChI=1S/C16H16Cl2N4O/c17-11-5-4-6-12(18)15(11)19-16(23)13-7-8-14(21-20-13)22-9-2-1-3-10-22/h4-8H,1-3,9-10H2,(H,19,23). The first-order chi connectivity index (χ1) is 11.1. The first kappa shape index (κ1) is 16.0. The highest BCUT2D eigenvalue weighted by Crippen LogP contribution is 2.30. The maximum Gasteiger partial charge on any atom is 0.276 e. The average Bonchev–Trinajstić information content (AvgIpc) is 2.59. The van der Waals surface area contributed by atoms with Crippen molar-refractivity contribution in [2.75, 3.05) is 23.3 Å². The van der Waals surface area contributed by atoms with Crippen LogP contribution in [0.2, 0.25) is 10.0 Å². The van der Waals surface area contributed by atoms with Crippen LogP contribution in [0.5, 0.6) is 0 Å². The van der Waals surface area contributed by atoms with Gasteiger partial charge >= 0.3 is 0 Å². The number of benzene rings is 1. The minimum atomic E-state index is -0.391. The van der Waals surface area contributed by atoms with E-state index in [4.69, 9.17) is 23.2 Å². The molecular weight excluding hydrogens is 335 g/mol. The fraction of sp³-hybridized carbons (Fsp3) is 0.312. The van der Waals surface area contributed by atoms with Gasteiger partial charge in [-0.25, -0.2) is 0 Å². The second-order valence-corrected chi connectivity index (χ2v) is 6.19. The van der Waals surface area contributed by atoms with Gasteiger partial charge in [-0.2, -0.15) is 0 Å². The molecule has 2 heterocycles. The lowest BCUT2D eigenvalue weighted by molar-refractivity contribution is 0.102. The number of aromatic nitrogens is 2. The number of rotatable bonds is 3. The topological polar surface area (TPSA) is 58.1 Å². The summed E-state index contributed by atoms with van der Waals surface area (Å²) < 4.78 is 0. The van der Waals surface area contributed by atoms with Crippen LogP contribution in [0.15, 0.2) is 30.3 Å². The normalized spacial score (nSPS) is 14.6. The smallest absolute Gasteiger partial charge is 0.276 e. The molecule has 0 bridgehead atoms. The molecule has 7 heteroatoms. The van der Waals surface area contributed by atoms with Crippen LogP contribution in [0, 0.1) is 0 Å². The minimum absolute atomic E-state index is 0.224. The van der Waals surface area contributed by atoms with Gasteiger partial charge in [0.05, 0.1) is 15.7 Å². The minimum Gasteiger partial charge on any atom is -0.355 e. The van der Waals surface area contributed by atoms with Crippen LogP contribution in [-0.2, 0) is 0 Å². The number of carbonyl (C=O) groups excluding carboxylic acids is 1. The average molecular weight is 351 g/mol. The maximum absolute atomic E-state index is 12.3. The zero-order chi connectivity index (χ0) is 16.2. The van der Waals surface area contributed by atoms with Crippen molar-refractivity contribution in [3.8, 4) is 0 Å². The van der Waals surface area contributed by atoms with E-state index in [0.717, 1.165) is 31.7 Å². The van der Waals surface area contributed by atoms with Gasteiger partial charge in [0.25, 0.3) is 5.91 Å². The molecule has 0 saturated carbocycles. The number of piperidine rings is 1. The molecule has 0 radical (unpaired) electrons. The van der Waals surface area contributed by atoms with Crippen molar-refractivity contribution in [2.45, 2.75) is 19.3 Å². The molecule has 120 valence electrons. The molecule has 0 spiro atoms. The predicted octanol–water partition coefficient (Wildman–Crippen LogP) is 4.03. The van der Waals surface area contributed by atoms with Crippen LogP contribution in [0.3, 0.4) is 0 Å². The van der Waals surface area contributed by atoms with Crippen molar-refractivity contribution in [3.63, 3.8) is 0 Å². The summed E-state index contributed by atoms with van der Waals surface area (Å²) in [6, 6.07) is 8.52. The molecule has 1 aromatic carbocycles. The van der Waals surface area contributed by atoms with Gasteiger partial charge in [0, 0.05) is 13.1 Å². The molecule has 1 aliphatic rings. The molecule has 1 N–H and O–H groups in total. The zero-order valence-corrected chi connectivity index (χ0v) is 13.9. The third-order valence-electron chi connectivity index (χ3n) is 3.76. The number of para-hydroxylation sites is 1. The quantitative estimate of drug-likeness (QED) is 0.907. The van der Waals surface area contributed by atoms with Gasteiger partial charge in [0.2, 0.25) is 0 Å². The molecule has 0 unspecified atom stereocenters. The second kappa shape index (κ2) is 7.15. The highest BCUT2D eigenvalue weighted by molar-refractivity contribution is 6.39. The lowest BCUT2D eigenvalue weighted by Crippen LogP contribution is -2.30. The Kier molecular flexibility index (Phi) is 4.98. The van der Waals surface area contributed by atoms with E-state index in [0.29, 0.717) is 15.7 Å². The van der Waals surface area contributed by atoms with Crippen LogP contribution in [0.1, 0.15) is 29.8 Å². The Morgan fingerprint density at radius 2 is 1.70 bits per heavy atom. The van der Waals surface area contributed by atoms with E-state index < -0.39 is 5.91 Å². The zero-order valence-electron chi connectivity index (χ0n) is 12.4. The van der Waals surface area contributed by atoms with Gasteiger partial charge in [-0.1, -0.05) is 29.3 Å².